The van der Waals surface area contributed by atoms with E-state index in [1.165, 1.54) is 16.7 Å². The molecule has 0 aromatic heterocycles. The van der Waals surface area contributed by atoms with Crippen molar-refractivity contribution in [2.75, 3.05) is 0 Å². The van der Waals surface area contributed by atoms with Crippen LogP contribution in [0.25, 0.3) is 6.08 Å². The fraction of sp³-hybridized carbons (Fsp3) is 0.286. The van der Waals surface area contributed by atoms with Crippen LogP contribution in [0.1, 0.15) is 37.3 Å². The Hall–Kier alpha value is -1.30. The lowest BCUT2D eigenvalue weighted by Crippen LogP contribution is -1.97. The number of rotatable bonds is 0. The molecule has 0 bridgehead atoms. The summed E-state index contributed by atoms with van der Waals surface area (Å²) in [5.74, 6) is 0.631. The van der Waals surface area contributed by atoms with Gasteiger partial charge in [0.25, 0.3) is 0 Å². The quantitative estimate of drug-likeness (QED) is 0.568. The molecule has 1 aromatic carbocycles. The first-order valence-corrected chi connectivity index (χ1v) is 5.21. The first-order valence-electron chi connectivity index (χ1n) is 5.21. The number of hydrogen-bond acceptors (Lipinski definition) is 0. The lowest BCUT2D eigenvalue weighted by Gasteiger charge is -2.15. The first kappa shape index (κ1) is 9.26. The molecule has 1 aliphatic rings. The summed E-state index contributed by atoms with van der Waals surface area (Å²) in [5, 5.41) is 0. The molecule has 0 spiro atoms. The van der Waals surface area contributed by atoms with Gasteiger partial charge in [-0.2, -0.15) is 0 Å². The van der Waals surface area contributed by atoms with Crippen molar-refractivity contribution in [3.63, 3.8) is 0 Å². The van der Waals surface area contributed by atoms with Gasteiger partial charge in [-0.25, -0.2) is 0 Å². The van der Waals surface area contributed by atoms with Crippen LogP contribution in [0.5, 0.6) is 0 Å². The topological polar surface area (TPSA) is 0 Å². The van der Waals surface area contributed by atoms with Crippen LogP contribution in [0.15, 0.2) is 42.0 Å². The van der Waals surface area contributed by atoms with Gasteiger partial charge in [0, 0.05) is 0 Å². The van der Waals surface area contributed by atoms with Crippen molar-refractivity contribution in [3.8, 4) is 0 Å². The van der Waals surface area contributed by atoms with Gasteiger partial charge in [0.1, 0.15) is 0 Å². The normalized spacial score (nSPS) is 26.7. The highest BCUT2D eigenvalue weighted by Gasteiger charge is 2.08. The van der Waals surface area contributed by atoms with E-state index in [9.17, 15) is 0 Å². The molecule has 0 heteroatoms. The fourth-order valence-corrected chi connectivity index (χ4v) is 1.97. The Bertz CT molecular complexity index is 383. The highest BCUT2D eigenvalue weighted by atomic mass is 14.1. The molecule has 0 N–H and O–H groups in total. The van der Waals surface area contributed by atoms with Gasteiger partial charge in [0.05, 0.1) is 0 Å². The summed E-state index contributed by atoms with van der Waals surface area (Å²) in [5.41, 5.74) is 4.18. The smallest absolute Gasteiger partial charge is 0.0150 e. The number of fused-ring (bicyclic) bond motifs is 1. The van der Waals surface area contributed by atoms with Crippen LogP contribution in [0.4, 0.5) is 0 Å². The molecule has 1 aliphatic carbocycles. The lowest BCUT2D eigenvalue weighted by molar-refractivity contribution is 0.777. The Kier molecular flexibility index (Phi) is 2.53. The van der Waals surface area contributed by atoms with E-state index in [0.29, 0.717) is 5.92 Å². The third-order valence-corrected chi connectivity index (χ3v) is 2.78. The molecule has 14 heavy (non-hydrogen) atoms. The molecule has 0 nitrogen and oxygen atoms in total. The Labute approximate surface area is 86.0 Å². The van der Waals surface area contributed by atoms with Gasteiger partial charge in [-0.05, 0) is 30.4 Å². The number of hydrogen-bond donors (Lipinski definition) is 0. The summed E-state index contributed by atoms with van der Waals surface area (Å²) in [6, 6.07) is 8.68. The van der Waals surface area contributed by atoms with E-state index in [2.05, 4.69) is 56.3 Å². The molecule has 1 unspecified atom stereocenters. The molecule has 72 valence electrons. The largest absolute Gasteiger partial charge is 0.0837 e. The fourth-order valence-electron chi connectivity index (χ4n) is 1.97. The van der Waals surface area contributed by atoms with Crippen LogP contribution >= 0.6 is 0 Å². The Morgan fingerprint density at radius 1 is 1.21 bits per heavy atom. The van der Waals surface area contributed by atoms with Crippen LogP contribution < -0.4 is 0 Å². The third kappa shape index (κ3) is 1.79. The Morgan fingerprint density at radius 2 is 2.00 bits per heavy atom. The third-order valence-electron chi connectivity index (χ3n) is 2.78. The summed E-state index contributed by atoms with van der Waals surface area (Å²) in [4.78, 5) is 0. The predicted molar refractivity (Wildman–Crippen MR) is 62.3 cm³/mol. The van der Waals surface area contributed by atoms with Crippen LogP contribution in [-0.2, 0) is 0 Å². The van der Waals surface area contributed by atoms with Gasteiger partial charge in [-0.3, -0.25) is 0 Å². The van der Waals surface area contributed by atoms with Gasteiger partial charge >= 0.3 is 0 Å². The zero-order valence-electron chi connectivity index (χ0n) is 8.83. The average Bonchev–Trinajstić information content (AvgIpc) is 2.16. The molecule has 0 amide bonds. The molecule has 2 rings (SSSR count). The summed E-state index contributed by atoms with van der Waals surface area (Å²) in [6.07, 6.45) is 7.89. The van der Waals surface area contributed by atoms with E-state index in [1.807, 2.05) is 0 Å². The molecular weight excluding hydrogens is 168 g/mol. The maximum atomic E-state index is 2.29. The van der Waals surface area contributed by atoms with E-state index in [0.717, 1.165) is 6.42 Å². The molecule has 1 aromatic rings. The van der Waals surface area contributed by atoms with E-state index < -0.39 is 0 Å². The SMILES string of the molecule is CC1=C/c2ccccc2C(C)C\C=C\1. The first-order chi connectivity index (χ1) is 6.77. The van der Waals surface area contributed by atoms with Crippen LogP contribution in [-0.4, -0.2) is 0 Å². The van der Waals surface area contributed by atoms with Gasteiger partial charge < -0.3 is 0 Å². The minimum Gasteiger partial charge on any atom is -0.0837 e. The standard InChI is InChI=1S/C14H16/c1-11-6-5-7-12(2)14-9-4-3-8-13(14)10-11/h3-6,8-10,12H,7H2,1-2H3/b6-5+,11-10-. The minimum atomic E-state index is 0.631. The van der Waals surface area contributed by atoms with Crippen molar-refractivity contribution >= 4 is 6.08 Å². The molecule has 1 atom stereocenters. The van der Waals surface area contributed by atoms with Crippen LogP contribution in [0, 0.1) is 0 Å². The highest BCUT2D eigenvalue weighted by Crippen LogP contribution is 2.27. The molecule has 0 radical (unpaired) electrons. The van der Waals surface area contributed by atoms with Gasteiger partial charge in [0.2, 0.25) is 0 Å². The monoisotopic (exact) mass is 184 g/mol. The van der Waals surface area contributed by atoms with Crippen molar-refractivity contribution in [1.29, 1.82) is 0 Å². The summed E-state index contributed by atoms with van der Waals surface area (Å²) < 4.78 is 0. The van der Waals surface area contributed by atoms with E-state index in [-0.39, 0.29) is 0 Å². The second kappa shape index (κ2) is 3.83. The molecule has 0 fully saturated rings. The van der Waals surface area contributed by atoms with Crippen molar-refractivity contribution in [2.45, 2.75) is 26.2 Å². The highest BCUT2D eigenvalue weighted by molar-refractivity contribution is 5.60. The van der Waals surface area contributed by atoms with Crippen molar-refractivity contribution in [3.05, 3.63) is 53.1 Å². The maximum absolute atomic E-state index is 2.29. The zero-order chi connectivity index (χ0) is 9.97. The second-order valence-electron chi connectivity index (χ2n) is 4.06. The lowest BCUT2D eigenvalue weighted by atomic mass is 9.90. The van der Waals surface area contributed by atoms with Crippen molar-refractivity contribution in [2.24, 2.45) is 0 Å². The van der Waals surface area contributed by atoms with Gasteiger partial charge in [-0.15, -0.1) is 0 Å². The molecule has 0 aliphatic heterocycles. The van der Waals surface area contributed by atoms with Gasteiger partial charge in [0.15, 0.2) is 0 Å². The summed E-state index contributed by atoms with van der Waals surface area (Å²) >= 11 is 0. The minimum absolute atomic E-state index is 0.631. The van der Waals surface area contributed by atoms with E-state index >= 15 is 0 Å². The maximum Gasteiger partial charge on any atom is -0.0150 e. The summed E-state index contributed by atoms with van der Waals surface area (Å²) in [6.45, 7) is 4.45. The number of benzene rings is 1. The van der Waals surface area contributed by atoms with Crippen LogP contribution in [0.3, 0.4) is 0 Å². The van der Waals surface area contributed by atoms with Crippen LogP contribution in [0.2, 0.25) is 0 Å². The number of allylic oxidation sites excluding steroid dienone is 3. The molecule has 0 saturated carbocycles. The van der Waals surface area contributed by atoms with Crippen molar-refractivity contribution in [1.82, 2.24) is 0 Å². The van der Waals surface area contributed by atoms with Crippen molar-refractivity contribution < 1.29 is 0 Å². The molecule has 0 saturated heterocycles. The molecular formula is C14H16. The molecule has 0 heterocycles. The van der Waals surface area contributed by atoms with Gasteiger partial charge in [-0.1, -0.05) is 55.0 Å². The van der Waals surface area contributed by atoms with E-state index in [4.69, 9.17) is 0 Å². The van der Waals surface area contributed by atoms with E-state index in [1.54, 1.807) is 0 Å². The predicted octanol–water partition coefficient (Wildman–Crippen LogP) is 4.15. The Balaban J connectivity index is 2.53. The zero-order valence-corrected chi connectivity index (χ0v) is 8.83. The summed E-state index contributed by atoms with van der Waals surface area (Å²) in [7, 11) is 0. The Morgan fingerprint density at radius 3 is 2.86 bits per heavy atom. The average molecular weight is 184 g/mol. The second-order valence-corrected chi connectivity index (χ2v) is 4.06.